The van der Waals surface area contributed by atoms with Crippen molar-refractivity contribution in [2.24, 2.45) is 5.92 Å². The average Bonchev–Trinajstić information content (AvgIpc) is 2.48. The number of halogens is 1. The molecule has 0 heterocycles. The number of aliphatic carboxylic acids is 1. The lowest BCUT2D eigenvalue weighted by Crippen LogP contribution is -2.23. The van der Waals surface area contributed by atoms with Crippen molar-refractivity contribution in [3.8, 4) is 0 Å². The lowest BCUT2D eigenvalue weighted by atomic mass is 10.1. The average molecular weight is 417 g/mol. The van der Waals surface area contributed by atoms with Gasteiger partial charge >= 0.3 is 12.1 Å². The Balaban J connectivity index is 0.000000609. The fourth-order valence-electron chi connectivity index (χ4n) is 1.83. The van der Waals surface area contributed by atoms with Crippen LogP contribution in [0.3, 0.4) is 0 Å². The van der Waals surface area contributed by atoms with Crippen LogP contribution >= 0.6 is 15.9 Å². The second-order valence-corrected chi connectivity index (χ2v) is 6.81. The van der Waals surface area contributed by atoms with E-state index in [1.807, 2.05) is 31.2 Å². The van der Waals surface area contributed by atoms with Gasteiger partial charge in [-0.3, -0.25) is 14.9 Å². The quantitative estimate of drug-likeness (QED) is 0.661. The molecule has 8 heteroatoms. The largest absolute Gasteiger partial charge is 0.480 e. The van der Waals surface area contributed by atoms with Gasteiger partial charge in [0.05, 0.1) is 0 Å². The van der Waals surface area contributed by atoms with Gasteiger partial charge in [-0.1, -0.05) is 29.8 Å². The number of anilines is 1. The van der Waals surface area contributed by atoms with E-state index in [0.29, 0.717) is 12.3 Å². The summed E-state index contributed by atoms with van der Waals surface area (Å²) in [4.78, 5) is 32.1. The van der Waals surface area contributed by atoms with E-state index in [4.69, 9.17) is 9.84 Å². The van der Waals surface area contributed by atoms with Gasteiger partial charge in [0.2, 0.25) is 6.41 Å². The highest BCUT2D eigenvalue weighted by Crippen LogP contribution is 2.15. The second-order valence-electron chi connectivity index (χ2n) is 5.89. The minimum absolute atomic E-state index is 0.0644. The normalized spacial score (nSPS) is 11.0. The molecule has 1 unspecified atom stereocenters. The number of nitrogens with one attached hydrogen (secondary N) is 1. The summed E-state index contributed by atoms with van der Waals surface area (Å²) in [5.74, 6) is -0.481. The van der Waals surface area contributed by atoms with Crippen LogP contribution in [0.5, 0.6) is 0 Å². The minimum Gasteiger partial charge on any atom is -0.480 e. The molecule has 0 saturated heterocycles. The molecule has 0 aromatic heterocycles. The first-order chi connectivity index (χ1) is 11.6. The lowest BCUT2D eigenvalue weighted by molar-refractivity contribution is -0.140. The lowest BCUT2D eigenvalue weighted by Gasteiger charge is -2.15. The monoisotopic (exact) mass is 416 g/mol. The van der Waals surface area contributed by atoms with Crippen LogP contribution in [0.2, 0.25) is 0 Å². The van der Waals surface area contributed by atoms with E-state index in [-0.39, 0.29) is 12.6 Å². The number of carboxylic acid groups (broad SMARTS) is 1. The fraction of sp³-hybridized carbons (Fsp3) is 0.471. The molecule has 0 aliphatic rings. The fourth-order valence-corrected chi connectivity index (χ4v) is 2.09. The third-order valence-corrected chi connectivity index (χ3v) is 3.30. The summed E-state index contributed by atoms with van der Waals surface area (Å²) in [5.41, 5.74) is 0.731. The van der Waals surface area contributed by atoms with Crippen LogP contribution in [0.25, 0.3) is 0 Å². The molecule has 0 aliphatic carbocycles. The van der Waals surface area contributed by atoms with Crippen molar-refractivity contribution >= 4 is 40.1 Å². The maximum Gasteiger partial charge on any atom is 0.411 e. The number of amides is 2. The van der Waals surface area contributed by atoms with Gasteiger partial charge in [-0.15, -0.1) is 0 Å². The summed E-state index contributed by atoms with van der Waals surface area (Å²) in [6, 6.07) is 7.37. The Kier molecular flexibility index (Phi) is 11.3. The zero-order chi connectivity index (χ0) is 19.4. The number of likely N-dealkylation sites (N-methyl/N-ethyl adjacent to an activating group) is 1. The van der Waals surface area contributed by atoms with Gasteiger partial charge in [-0.2, -0.15) is 0 Å². The first-order valence-electron chi connectivity index (χ1n) is 7.74. The predicted molar refractivity (Wildman–Crippen MR) is 99.5 cm³/mol. The number of rotatable bonds is 7. The highest BCUT2D eigenvalue weighted by molar-refractivity contribution is 9.10. The highest BCUT2D eigenvalue weighted by Gasteiger charge is 2.11. The van der Waals surface area contributed by atoms with Crippen molar-refractivity contribution in [3.05, 3.63) is 28.7 Å². The van der Waals surface area contributed by atoms with Gasteiger partial charge in [-0.05, 0) is 43.5 Å². The van der Waals surface area contributed by atoms with Crippen molar-refractivity contribution in [1.29, 1.82) is 0 Å². The van der Waals surface area contributed by atoms with E-state index >= 15 is 0 Å². The smallest absolute Gasteiger partial charge is 0.411 e. The van der Waals surface area contributed by atoms with E-state index in [0.717, 1.165) is 21.5 Å². The molecule has 1 atom stereocenters. The summed E-state index contributed by atoms with van der Waals surface area (Å²) >= 11 is 3.34. The molecule has 7 nitrogen and oxygen atoms in total. The van der Waals surface area contributed by atoms with Crippen molar-refractivity contribution < 1.29 is 24.2 Å². The third-order valence-electron chi connectivity index (χ3n) is 2.77. The zero-order valence-corrected chi connectivity index (χ0v) is 16.4. The molecule has 0 bridgehead atoms. The summed E-state index contributed by atoms with van der Waals surface area (Å²) in [5, 5.41) is 10.7. The van der Waals surface area contributed by atoms with Crippen LogP contribution in [0.1, 0.15) is 27.2 Å². The number of carboxylic acids is 1. The first-order valence-corrected chi connectivity index (χ1v) is 8.53. The van der Waals surface area contributed by atoms with Crippen LogP contribution in [-0.2, 0) is 14.3 Å². The van der Waals surface area contributed by atoms with E-state index in [2.05, 4.69) is 35.1 Å². The number of nitrogens with zero attached hydrogens (tertiary/aromatic N) is 1. The van der Waals surface area contributed by atoms with Crippen LogP contribution in [-0.4, -0.2) is 48.2 Å². The molecule has 140 valence electrons. The van der Waals surface area contributed by atoms with Crippen LogP contribution in [0.15, 0.2) is 28.7 Å². The van der Waals surface area contributed by atoms with E-state index < -0.39 is 12.1 Å². The zero-order valence-electron chi connectivity index (χ0n) is 14.9. The summed E-state index contributed by atoms with van der Waals surface area (Å²) < 4.78 is 6.21. The topological polar surface area (TPSA) is 95.9 Å². The van der Waals surface area contributed by atoms with Crippen molar-refractivity contribution in [2.45, 2.75) is 33.3 Å². The Morgan fingerprint density at radius 1 is 1.28 bits per heavy atom. The molecule has 1 aromatic rings. The Morgan fingerprint density at radius 2 is 1.84 bits per heavy atom. The van der Waals surface area contributed by atoms with E-state index in [1.54, 1.807) is 0 Å². The van der Waals surface area contributed by atoms with Crippen LogP contribution in [0, 0.1) is 5.92 Å². The Morgan fingerprint density at radius 3 is 2.24 bits per heavy atom. The van der Waals surface area contributed by atoms with E-state index in [9.17, 15) is 14.4 Å². The molecule has 1 rings (SSSR count). The van der Waals surface area contributed by atoms with Crippen molar-refractivity contribution in [2.75, 3.05) is 18.9 Å². The molecule has 0 saturated carbocycles. The minimum atomic E-state index is -1.00. The van der Waals surface area contributed by atoms with Crippen LogP contribution < -0.4 is 5.32 Å². The maximum absolute atomic E-state index is 11.5. The number of carbonyl (C=O) groups is 3. The number of hydrogen-bond donors (Lipinski definition) is 2. The first kappa shape index (κ1) is 22.9. The molecule has 1 aromatic carbocycles. The van der Waals surface area contributed by atoms with Gasteiger partial charge in [0.1, 0.15) is 12.6 Å². The van der Waals surface area contributed by atoms with Crippen molar-refractivity contribution in [1.82, 2.24) is 4.90 Å². The summed E-state index contributed by atoms with van der Waals surface area (Å²) in [6.45, 7) is 5.88. The summed E-state index contributed by atoms with van der Waals surface area (Å²) in [7, 11) is 1.40. The second kappa shape index (κ2) is 12.3. The summed E-state index contributed by atoms with van der Waals surface area (Å²) in [6.07, 6.45) is 0.868. The molecular formula is C17H25BrN2O5. The standard InChI is InChI=1S/C13H18BrNO2.C4H7NO3/c1-9(2)8-10(3)17-13(16)15-12-6-4-11(14)5-7-12;1-5(3-6)2-4(7)8/h4-7,9-10H,8H2,1-3H3,(H,15,16);3H,2H2,1H3,(H,7,8). The van der Waals surface area contributed by atoms with Crippen molar-refractivity contribution in [3.63, 3.8) is 0 Å². The SMILES string of the molecule is CC(C)CC(C)OC(=O)Nc1ccc(Br)cc1.CN(C=O)CC(=O)O. The van der Waals surface area contributed by atoms with Gasteiger partial charge < -0.3 is 14.7 Å². The molecule has 25 heavy (non-hydrogen) atoms. The van der Waals surface area contributed by atoms with Gasteiger partial charge in [0.25, 0.3) is 0 Å². The Hall–Kier alpha value is -2.09. The molecule has 2 N–H and O–H groups in total. The van der Waals surface area contributed by atoms with Crippen LogP contribution in [0.4, 0.5) is 10.5 Å². The highest BCUT2D eigenvalue weighted by atomic mass is 79.9. The maximum atomic E-state index is 11.5. The molecule has 2 amide bonds. The number of hydrogen-bond acceptors (Lipinski definition) is 4. The third kappa shape index (κ3) is 12.9. The van der Waals surface area contributed by atoms with Gasteiger partial charge in [0, 0.05) is 17.2 Å². The molecule has 0 spiro atoms. The number of carbonyl (C=O) groups excluding carboxylic acids is 2. The predicted octanol–water partition coefficient (Wildman–Crippen LogP) is 3.59. The Labute approximate surface area is 156 Å². The molecule has 0 radical (unpaired) electrons. The molecule has 0 aliphatic heterocycles. The Bertz CT molecular complexity index is 548. The van der Waals surface area contributed by atoms with Gasteiger partial charge in [0.15, 0.2) is 0 Å². The van der Waals surface area contributed by atoms with E-state index in [1.165, 1.54) is 7.05 Å². The van der Waals surface area contributed by atoms with Gasteiger partial charge in [-0.25, -0.2) is 4.79 Å². The molecular weight excluding hydrogens is 392 g/mol. The molecule has 0 fully saturated rings. The number of ether oxygens (including phenoxy) is 1. The number of benzene rings is 1.